The van der Waals surface area contributed by atoms with E-state index >= 15 is 0 Å². The number of amides is 1. The van der Waals surface area contributed by atoms with Crippen LogP contribution in [0.1, 0.15) is 16.1 Å². The molecule has 3 N–H and O–H groups in total. The minimum absolute atomic E-state index is 0.272. The summed E-state index contributed by atoms with van der Waals surface area (Å²) in [6.07, 6.45) is 1.58. The number of nitrogens with two attached hydrogens (primary N) is 1. The molecular formula is C12H14BrN5O. The van der Waals surface area contributed by atoms with Crippen molar-refractivity contribution in [1.29, 1.82) is 0 Å². The van der Waals surface area contributed by atoms with E-state index in [1.54, 1.807) is 10.9 Å². The number of carbonyl (C=O) groups excluding carboxylic acids is 1. The van der Waals surface area contributed by atoms with Gasteiger partial charge < -0.3 is 11.1 Å². The van der Waals surface area contributed by atoms with Gasteiger partial charge in [0.05, 0.1) is 12.7 Å². The molecule has 0 radical (unpaired) electrons. The van der Waals surface area contributed by atoms with Gasteiger partial charge in [-0.2, -0.15) is 0 Å². The molecule has 0 fully saturated rings. The van der Waals surface area contributed by atoms with Crippen molar-refractivity contribution >= 4 is 27.5 Å². The first kappa shape index (κ1) is 13.7. The number of carbonyl (C=O) groups is 1. The summed E-state index contributed by atoms with van der Waals surface area (Å²) in [6, 6.07) is 5.59. The van der Waals surface area contributed by atoms with E-state index in [1.165, 1.54) is 0 Å². The van der Waals surface area contributed by atoms with Crippen LogP contribution in [0.3, 0.4) is 0 Å². The van der Waals surface area contributed by atoms with Crippen LogP contribution < -0.4 is 11.1 Å². The Morgan fingerprint density at radius 3 is 3.00 bits per heavy atom. The third kappa shape index (κ3) is 3.39. The molecule has 0 unspecified atom stereocenters. The van der Waals surface area contributed by atoms with E-state index in [0.717, 1.165) is 15.7 Å². The van der Waals surface area contributed by atoms with Crippen molar-refractivity contribution in [3.8, 4) is 0 Å². The van der Waals surface area contributed by atoms with E-state index in [2.05, 4.69) is 31.6 Å². The Bertz CT molecular complexity index is 596. The van der Waals surface area contributed by atoms with Gasteiger partial charge in [-0.15, -0.1) is 5.10 Å². The first-order valence-electron chi connectivity index (χ1n) is 5.78. The molecule has 0 saturated heterocycles. The Hall–Kier alpha value is -1.73. The summed E-state index contributed by atoms with van der Waals surface area (Å²) in [5.74, 6) is -0.287. The lowest BCUT2D eigenvalue weighted by molar-refractivity contribution is 0.102. The molecule has 0 aliphatic heterocycles. The molecule has 1 heterocycles. The Morgan fingerprint density at radius 1 is 1.53 bits per heavy atom. The summed E-state index contributed by atoms with van der Waals surface area (Å²) in [5, 5.41) is 10.4. The summed E-state index contributed by atoms with van der Waals surface area (Å²) < 4.78 is 2.54. The number of hydrogen-bond acceptors (Lipinski definition) is 4. The zero-order valence-corrected chi connectivity index (χ0v) is 12.0. The Morgan fingerprint density at radius 2 is 2.32 bits per heavy atom. The third-order valence-corrected chi connectivity index (χ3v) is 3.44. The molecule has 0 bridgehead atoms. The molecule has 0 atom stereocenters. The van der Waals surface area contributed by atoms with Crippen LogP contribution in [0.5, 0.6) is 0 Å². The zero-order chi connectivity index (χ0) is 13.8. The lowest BCUT2D eigenvalue weighted by atomic mass is 10.2. The number of nitrogens with one attached hydrogen (secondary N) is 1. The summed E-state index contributed by atoms with van der Waals surface area (Å²) >= 11 is 3.41. The van der Waals surface area contributed by atoms with Gasteiger partial charge in [-0.05, 0) is 30.7 Å². The fourth-order valence-electron chi connectivity index (χ4n) is 1.56. The molecule has 0 spiro atoms. The molecule has 0 aliphatic carbocycles. The van der Waals surface area contributed by atoms with Crippen LogP contribution in [-0.2, 0) is 6.54 Å². The molecule has 2 aromatic rings. The van der Waals surface area contributed by atoms with Gasteiger partial charge in [-0.1, -0.05) is 21.1 Å². The van der Waals surface area contributed by atoms with Crippen molar-refractivity contribution in [3.63, 3.8) is 0 Å². The molecule has 0 aliphatic rings. The number of rotatable bonds is 4. The number of anilines is 1. The highest BCUT2D eigenvalue weighted by Crippen LogP contribution is 2.20. The minimum Gasteiger partial charge on any atom is -0.329 e. The molecular weight excluding hydrogens is 310 g/mol. The second-order valence-electron chi connectivity index (χ2n) is 4.07. The van der Waals surface area contributed by atoms with E-state index < -0.39 is 0 Å². The number of benzene rings is 1. The number of hydrogen-bond donors (Lipinski definition) is 2. The quantitative estimate of drug-likeness (QED) is 0.894. The van der Waals surface area contributed by atoms with Crippen LogP contribution in [-0.4, -0.2) is 27.4 Å². The molecule has 19 heavy (non-hydrogen) atoms. The van der Waals surface area contributed by atoms with Crippen molar-refractivity contribution in [3.05, 3.63) is 40.1 Å². The molecule has 0 saturated carbocycles. The summed E-state index contributed by atoms with van der Waals surface area (Å²) in [7, 11) is 0. The fourth-order valence-corrected chi connectivity index (χ4v) is 1.81. The Balaban J connectivity index is 2.09. The van der Waals surface area contributed by atoms with E-state index in [0.29, 0.717) is 13.1 Å². The maximum absolute atomic E-state index is 12.0. The first-order chi connectivity index (χ1) is 9.10. The standard InChI is InChI=1S/C12H14BrN5O/c1-8-6-9(2-3-10(8)13)15-12(19)11-7-18(5-4-14)17-16-11/h2-3,6-7H,4-5,14H2,1H3,(H,15,19). The Labute approximate surface area is 119 Å². The topological polar surface area (TPSA) is 85.8 Å². The second kappa shape index (κ2) is 5.94. The predicted molar refractivity (Wildman–Crippen MR) is 75.9 cm³/mol. The van der Waals surface area contributed by atoms with Gasteiger partial charge in [0.15, 0.2) is 5.69 Å². The van der Waals surface area contributed by atoms with Crippen LogP contribution in [0, 0.1) is 6.92 Å². The van der Waals surface area contributed by atoms with Crippen LogP contribution in [0.25, 0.3) is 0 Å². The molecule has 7 heteroatoms. The smallest absolute Gasteiger partial charge is 0.277 e. The predicted octanol–water partition coefficient (Wildman–Crippen LogP) is 1.56. The van der Waals surface area contributed by atoms with E-state index in [1.807, 2.05) is 25.1 Å². The number of nitrogens with zero attached hydrogens (tertiary/aromatic N) is 3. The van der Waals surface area contributed by atoms with Gasteiger partial charge in [0.1, 0.15) is 0 Å². The molecule has 1 amide bonds. The van der Waals surface area contributed by atoms with Gasteiger partial charge in [-0.3, -0.25) is 9.48 Å². The normalized spacial score (nSPS) is 10.5. The average molecular weight is 324 g/mol. The summed E-state index contributed by atoms with van der Waals surface area (Å²) in [5.41, 5.74) is 7.45. The van der Waals surface area contributed by atoms with Crippen molar-refractivity contribution < 1.29 is 4.79 Å². The molecule has 1 aromatic heterocycles. The SMILES string of the molecule is Cc1cc(NC(=O)c2cn(CCN)nn2)ccc1Br. The van der Waals surface area contributed by atoms with Crippen molar-refractivity contribution in [2.24, 2.45) is 5.73 Å². The van der Waals surface area contributed by atoms with Crippen LogP contribution in [0.2, 0.25) is 0 Å². The van der Waals surface area contributed by atoms with E-state index in [4.69, 9.17) is 5.73 Å². The fraction of sp³-hybridized carbons (Fsp3) is 0.250. The average Bonchev–Trinajstić information content (AvgIpc) is 2.83. The van der Waals surface area contributed by atoms with Gasteiger partial charge in [0, 0.05) is 16.7 Å². The third-order valence-electron chi connectivity index (χ3n) is 2.55. The molecule has 6 nitrogen and oxygen atoms in total. The number of halogens is 1. The highest BCUT2D eigenvalue weighted by atomic mass is 79.9. The van der Waals surface area contributed by atoms with Crippen LogP contribution >= 0.6 is 15.9 Å². The van der Waals surface area contributed by atoms with Gasteiger partial charge in [0.25, 0.3) is 5.91 Å². The Kier molecular flexibility index (Phi) is 4.28. The zero-order valence-electron chi connectivity index (χ0n) is 10.4. The number of aromatic nitrogens is 3. The van der Waals surface area contributed by atoms with E-state index in [-0.39, 0.29) is 11.6 Å². The lowest BCUT2D eigenvalue weighted by Gasteiger charge is -2.05. The van der Waals surface area contributed by atoms with E-state index in [9.17, 15) is 4.79 Å². The van der Waals surface area contributed by atoms with Gasteiger partial charge in [-0.25, -0.2) is 0 Å². The highest BCUT2D eigenvalue weighted by Gasteiger charge is 2.11. The maximum atomic E-state index is 12.0. The largest absolute Gasteiger partial charge is 0.329 e. The van der Waals surface area contributed by atoms with Crippen molar-refractivity contribution in [2.45, 2.75) is 13.5 Å². The van der Waals surface area contributed by atoms with Crippen molar-refractivity contribution in [1.82, 2.24) is 15.0 Å². The van der Waals surface area contributed by atoms with Gasteiger partial charge >= 0.3 is 0 Å². The van der Waals surface area contributed by atoms with Crippen LogP contribution in [0.4, 0.5) is 5.69 Å². The van der Waals surface area contributed by atoms with Crippen molar-refractivity contribution in [2.75, 3.05) is 11.9 Å². The highest BCUT2D eigenvalue weighted by molar-refractivity contribution is 9.10. The molecule has 2 rings (SSSR count). The maximum Gasteiger partial charge on any atom is 0.277 e. The van der Waals surface area contributed by atoms with Gasteiger partial charge in [0.2, 0.25) is 0 Å². The minimum atomic E-state index is -0.287. The van der Waals surface area contributed by atoms with Crippen LogP contribution in [0.15, 0.2) is 28.9 Å². The summed E-state index contributed by atoms with van der Waals surface area (Å²) in [6.45, 7) is 2.95. The number of aryl methyl sites for hydroxylation is 1. The first-order valence-corrected chi connectivity index (χ1v) is 6.57. The molecule has 100 valence electrons. The molecule has 1 aromatic carbocycles. The monoisotopic (exact) mass is 323 g/mol. The lowest BCUT2D eigenvalue weighted by Crippen LogP contribution is -2.13. The summed E-state index contributed by atoms with van der Waals surface area (Å²) in [4.78, 5) is 12.0. The second-order valence-corrected chi connectivity index (χ2v) is 4.93.